The van der Waals surface area contributed by atoms with E-state index in [1.54, 1.807) is 36.4 Å². The van der Waals surface area contributed by atoms with Crippen molar-refractivity contribution < 1.29 is 53.5 Å². The molecule has 1 heterocycles. The van der Waals surface area contributed by atoms with E-state index in [4.69, 9.17) is 13.9 Å². The van der Waals surface area contributed by atoms with Crippen LogP contribution in [0.3, 0.4) is 0 Å². The molecule has 3 aromatic carbocycles. The Bertz CT molecular complexity index is 2210. The van der Waals surface area contributed by atoms with Gasteiger partial charge in [-0.1, -0.05) is 18.2 Å². The molecule has 0 spiro atoms. The summed E-state index contributed by atoms with van der Waals surface area (Å²) in [6, 6.07) is 23.1. The first-order chi connectivity index (χ1) is 25.7. The molecule has 0 saturated carbocycles. The van der Waals surface area contributed by atoms with Crippen LogP contribution in [0.25, 0.3) is 33.4 Å². The molecule has 0 fully saturated rings. The van der Waals surface area contributed by atoms with Gasteiger partial charge >= 0.3 is 17.9 Å². The molecule has 1 aliphatic carbocycles. The molecule has 3 N–H and O–H groups in total. The van der Waals surface area contributed by atoms with E-state index in [2.05, 4.69) is 0 Å². The average Bonchev–Trinajstić information content (AvgIpc) is 3.10. The Kier molecular flexibility index (Phi) is 11.9. The Balaban J connectivity index is 1.58. The van der Waals surface area contributed by atoms with Gasteiger partial charge in [0.05, 0.1) is 30.0 Å². The van der Waals surface area contributed by atoms with Crippen molar-refractivity contribution in [3.05, 3.63) is 84.2 Å². The van der Waals surface area contributed by atoms with Crippen LogP contribution >= 0.6 is 0 Å². The van der Waals surface area contributed by atoms with Gasteiger partial charge in [0.15, 0.2) is 0 Å². The molecule has 0 unspecified atom stereocenters. The molecule has 3 aromatic rings. The number of benzene rings is 4. The molecule has 0 bridgehead atoms. The van der Waals surface area contributed by atoms with Crippen LogP contribution in [0.5, 0.6) is 11.5 Å². The van der Waals surface area contributed by atoms with Crippen LogP contribution in [0.2, 0.25) is 0 Å². The van der Waals surface area contributed by atoms with Gasteiger partial charge in [0, 0.05) is 48.4 Å². The van der Waals surface area contributed by atoms with Crippen molar-refractivity contribution in [2.45, 2.75) is 0 Å². The maximum Gasteiger partial charge on any atom is 0.323 e. The fraction of sp³-hybridized carbons (Fsp3) is 0.256. The molecule has 0 amide bonds. The second-order valence-electron chi connectivity index (χ2n) is 12.7. The first-order valence-corrected chi connectivity index (χ1v) is 16.7. The van der Waals surface area contributed by atoms with Crippen LogP contribution in [0.4, 0.5) is 17.1 Å². The Morgan fingerprint density at radius 3 is 1.94 bits per heavy atom. The molecule has 1 aliphatic heterocycles. The molecule has 2 aliphatic rings. The summed E-state index contributed by atoms with van der Waals surface area (Å²) in [5.74, 6) is -4.24. The van der Waals surface area contributed by atoms with Crippen LogP contribution in [-0.4, -0.2) is 107 Å². The maximum absolute atomic E-state index is 11.9. The Morgan fingerprint density at radius 2 is 1.33 bits per heavy atom. The number of rotatable bonds is 17. The summed E-state index contributed by atoms with van der Waals surface area (Å²) in [6.45, 7) is -2.79. The Morgan fingerprint density at radius 1 is 0.722 bits per heavy atom. The number of hydrogen-bond acceptors (Lipinski definition) is 11. The number of ether oxygens (including phenoxy) is 2. The Labute approximate surface area is 310 Å². The third-order valence-electron chi connectivity index (χ3n) is 8.41. The molecule has 0 saturated heterocycles. The van der Waals surface area contributed by atoms with Crippen LogP contribution < -0.4 is 39.2 Å². The number of fused-ring (bicyclic) bond motifs is 2. The lowest BCUT2D eigenvalue weighted by molar-refractivity contribution is -0.303. The second kappa shape index (κ2) is 16.7. The lowest BCUT2D eigenvalue weighted by Crippen LogP contribution is -2.41. The lowest BCUT2D eigenvalue weighted by atomic mass is 9.93. The molecule has 15 nitrogen and oxygen atoms in total. The number of carbonyl (C=O) groups excluding carboxylic acids is 1. The number of nitrogens with zero attached hydrogens (tertiary/aromatic N) is 4. The number of carboxylic acid groups (broad SMARTS) is 4. The van der Waals surface area contributed by atoms with Crippen molar-refractivity contribution in [2.75, 3.05) is 82.3 Å². The summed E-state index contributed by atoms with van der Waals surface area (Å²) in [5, 5.41) is 41.8. The van der Waals surface area contributed by atoms with Crippen LogP contribution in [0.1, 0.15) is 0 Å². The molecule has 15 heteroatoms. The maximum atomic E-state index is 11.9. The topological polar surface area (TPSA) is 196 Å². The van der Waals surface area contributed by atoms with Gasteiger partial charge in [0.1, 0.15) is 69.8 Å². The Hall–Kier alpha value is -6.77. The van der Waals surface area contributed by atoms with E-state index >= 15 is 0 Å². The van der Waals surface area contributed by atoms with Gasteiger partial charge in [0.2, 0.25) is 5.36 Å². The van der Waals surface area contributed by atoms with E-state index in [0.717, 1.165) is 32.5 Å². The van der Waals surface area contributed by atoms with Crippen molar-refractivity contribution in [3.63, 3.8) is 0 Å². The molecule has 282 valence electrons. The van der Waals surface area contributed by atoms with Crippen molar-refractivity contribution in [3.8, 4) is 33.9 Å². The SMILES string of the molecule is CN(C)c1ccc2c(-c3ccc(N(CC(=O)O)CC(=O)O)c(OCCOc4ccccc4N(CC(=O)[O-])CC(=O)O)c3)c3ccc(=[N+](C)C)cc-3oc2c1. The zero-order valence-electron chi connectivity index (χ0n) is 30.1. The second-order valence-corrected chi connectivity index (χ2v) is 12.7. The van der Waals surface area contributed by atoms with Crippen LogP contribution in [0.15, 0.2) is 83.3 Å². The predicted octanol–water partition coefficient (Wildman–Crippen LogP) is 2.38. The highest BCUT2D eigenvalue weighted by Crippen LogP contribution is 2.43. The van der Waals surface area contributed by atoms with Crippen LogP contribution in [0, 0.1) is 0 Å². The van der Waals surface area contributed by atoms with Crippen molar-refractivity contribution in [1.29, 1.82) is 0 Å². The molecule has 5 rings (SSSR count). The monoisotopic (exact) mass is 740 g/mol. The fourth-order valence-corrected chi connectivity index (χ4v) is 6.02. The fourth-order valence-electron chi connectivity index (χ4n) is 6.02. The van der Waals surface area contributed by atoms with Crippen molar-refractivity contribution in [2.24, 2.45) is 0 Å². The number of aliphatic carboxylic acids is 4. The first-order valence-electron chi connectivity index (χ1n) is 16.7. The summed E-state index contributed by atoms with van der Waals surface area (Å²) in [6.07, 6.45) is 0. The zero-order valence-corrected chi connectivity index (χ0v) is 30.1. The standard InChI is InChI=1S/C39H40N4O11/c1-40(2)25-10-12-27-32(18-25)54-33-19-26(41(3)4)11-13-28(33)39(27)24-9-14-30(43(22-37(48)49)23-38(50)51)34(17-24)53-16-15-52-31-8-6-5-7-29(31)42(20-35(44)45)21-36(46)47/h5-14,17-19H,15-16,20-23H2,1-4H3,(H3-,44,45,46,47,48,49,50,51). The van der Waals surface area contributed by atoms with E-state index in [0.29, 0.717) is 16.9 Å². The number of hydrogen-bond donors (Lipinski definition) is 3. The van der Waals surface area contributed by atoms with Gasteiger partial charge in [-0.15, -0.1) is 0 Å². The summed E-state index contributed by atoms with van der Waals surface area (Å²) in [4.78, 5) is 50.8. The minimum Gasteiger partial charge on any atom is -0.548 e. The summed E-state index contributed by atoms with van der Waals surface area (Å²) >= 11 is 0. The molecule has 54 heavy (non-hydrogen) atoms. The molecular weight excluding hydrogens is 700 g/mol. The summed E-state index contributed by atoms with van der Waals surface area (Å²) < 4.78 is 20.6. The lowest BCUT2D eigenvalue weighted by Gasteiger charge is -2.26. The number of carbonyl (C=O) groups is 4. The van der Waals surface area contributed by atoms with Gasteiger partial charge in [-0.05, 0) is 48.0 Å². The number of carboxylic acids is 4. The van der Waals surface area contributed by atoms with E-state index in [1.807, 2.05) is 74.1 Å². The molecule has 0 radical (unpaired) electrons. The number of para-hydroxylation sites is 2. The number of anilines is 3. The largest absolute Gasteiger partial charge is 0.548 e. The predicted molar refractivity (Wildman–Crippen MR) is 199 cm³/mol. The van der Waals surface area contributed by atoms with Crippen LogP contribution in [-0.2, 0) is 19.2 Å². The third kappa shape index (κ3) is 9.17. The van der Waals surface area contributed by atoms with E-state index < -0.39 is 50.1 Å². The van der Waals surface area contributed by atoms with Gasteiger partial charge in [-0.3, -0.25) is 14.4 Å². The highest BCUT2D eigenvalue weighted by atomic mass is 16.5. The minimum absolute atomic E-state index is 0.110. The van der Waals surface area contributed by atoms with E-state index in [1.165, 1.54) is 11.0 Å². The minimum atomic E-state index is -1.47. The molecule has 0 aromatic heterocycles. The third-order valence-corrected chi connectivity index (χ3v) is 8.41. The normalized spacial score (nSPS) is 10.9. The van der Waals surface area contributed by atoms with Gasteiger partial charge in [0.25, 0.3) is 0 Å². The van der Waals surface area contributed by atoms with Gasteiger partial charge in [-0.25, -0.2) is 4.58 Å². The van der Waals surface area contributed by atoms with Crippen molar-refractivity contribution in [1.82, 2.24) is 4.58 Å². The van der Waals surface area contributed by atoms with E-state index in [9.17, 15) is 39.6 Å². The van der Waals surface area contributed by atoms with Gasteiger partial charge in [-0.2, -0.15) is 0 Å². The highest BCUT2D eigenvalue weighted by molar-refractivity contribution is 6.03. The average molecular weight is 741 g/mol. The smallest absolute Gasteiger partial charge is 0.323 e. The van der Waals surface area contributed by atoms with Gasteiger partial charge < -0.3 is 53.8 Å². The quantitative estimate of drug-likeness (QED) is 0.0714. The summed E-state index contributed by atoms with van der Waals surface area (Å²) in [7, 11) is 7.71. The van der Waals surface area contributed by atoms with E-state index in [-0.39, 0.29) is 36.1 Å². The zero-order chi connectivity index (χ0) is 39.1. The first kappa shape index (κ1) is 38.5. The molecule has 0 atom stereocenters. The molecular formula is C39H40N4O11. The van der Waals surface area contributed by atoms with Crippen molar-refractivity contribution >= 4 is 51.9 Å². The summed E-state index contributed by atoms with van der Waals surface area (Å²) in [5.41, 5.74) is 4.24. The highest BCUT2D eigenvalue weighted by Gasteiger charge is 2.23.